The van der Waals surface area contributed by atoms with E-state index in [0.29, 0.717) is 0 Å². The molecular weight excluding hydrogens is 223 g/mol. The number of Topliss-reactive ketones (excluding diaryl/α,β-unsaturated/α-hetero) is 1. The number of hydrogen-bond acceptors (Lipinski definition) is 2. The quantitative estimate of drug-likeness (QED) is 0.744. The van der Waals surface area contributed by atoms with Gasteiger partial charge < -0.3 is 4.42 Å². The van der Waals surface area contributed by atoms with Gasteiger partial charge in [0, 0.05) is 0 Å². The van der Waals surface area contributed by atoms with Crippen molar-refractivity contribution in [2.45, 2.75) is 18.5 Å². The molecule has 0 amide bonds. The Morgan fingerprint density at radius 1 is 1.27 bits per heavy atom. The normalized spacial score (nSPS) is 12.9. The third-order valence-electron chi connectivity index (χ3n) is 1.62. The first kappa shape index (κ1) is 11.7. The van der Waals surface area contributed by atoms with Gasteiger partial charge in [-0.15, -0.1) is 0 Å². The highest BCUT2D eigenvalue weighted by Gasteiger charge is 2.62. The fourth-order valence-corrected chi connectivity index (χ4v) is 0.841. The molecule has 0 spiro atoms. The van der Waals surface area contributed by atoms with Crippen molar-refractivity contribution in [2.24, 2.45) is 0 Å². The maximum absolute atomic E-state index is 12.4. The monoisotopic (exact) mass is 228 g/mol. The van der Waals surface area contributed by atoms with E-state index < -0.39 is 24.3 Å². The fourth-order valence-electron chi connectivity index (χ4n) is 0.841. The molecule has 0 saturated carbocycles. The Hall–Kier alpha value is -1.40. The van der Waals surface area contributed by atoms with E-state index in [1.54, 1.807) is 0 Å². The maximum atomic E-state index is 12.4. The molecule has 15 heavy (non-hydrogen) atoms. The SMILES string of the molecule is O=C(Cc1ccco1)C(F)(F)C(F)(F)F. The summed E-state index contributed by atoms with van der Waals surface area (Å²) >= 11 is 0. The van der Waals surface area contributed by atoms with Crippen LogP contribution >= 0.6 is 0 Å². The van der Waals surface area contributed by atoms with Gasteiger partial charge in [-0.05, 0) is 12.1 Å². The van der Waals surface area contributed by atoms with Gasteiger partial charge >= 0.3 is 12.1 Å². The van der Waals surface area contributed by atoms with Gasteiger partial charge in [0.2, 0.25) is 5.78 Å². The zero-order valence-corrected chi connectivity index (χ0v) is 7.15. The number of carbonyl (C=O) groups excluding carboxylic acids is 1. The smallest absolute Gasteiger partial charge is 0.461 e. The molecule has 0 aliphatic rings. The first-order valence-electron chi connectivity index (χ1n) is 3.75. The standard InChI is InChI=1S/C8H5F5O2/c9-7(10,8(11,12)13)6(14)4-5-2-1-3-15-5/h1-3H,4H2. The van der Waals surface area contributed by atoms with E-state index in [2.05, 4.69) is 4.42 Å². The first-order chi connectivity index (χ1) is 6.75. The van der Waals surface area contributed by atoms with E-state index in [1.165, 1.54) is 6.07 Å². The minimum atomic E-state index is -5.86. The molecule has 84 valence electrons. The number of alkyl halides is 5. The molecule has 0 aliphatic carbocycles. The second-order valence-corrected chi connectivity index (χ2v) is 2.75. The van der Waals surface area contributed by atoms with Crippen molar-refractivity contribution in [1.82, 2.24) is 0 Å². The number of furan rings is 1. The summed E-state index contributed by atoms with van der Waals surface area (Å²) in [6.45, 7) is 0. The van der Waals surface area contributed by atoms with Crippen molar-refractivity contribution in [1.29, 1.82) is 0 Å². The summed E-state index contributed by atoms with van der Waals surface area (Å²) in [5, 5.41) is 0. The highest BCUT2D eigenvalue weighted by molar-refractivity contribution is 5.87. The molecule has 7 heteroatoms. The topological polar surface area (TPSA) is 30.2 Å². The van der Waals surface area contributed by atoms with E-state index in [-0.39, 0.29) is 5.76 Å². The van der Waals surface area contributed by atoms with Crippen molar-refractivity contribution in [3.63, 3.8) is 0 Å². The number of rotatable bonds is 3. The van der Waals surface area contributed by atoms with Crippen LogP contribution < -0.4 is 0 Å². The molecule has 1 rings (SSSR count). The Morgan fingerprint density at radius 2 is 1.87 bits per heavy atom. The Labute approximate surface area is 80.7 Å². The van der Waals surface area contributed by atoms with Crippen LogP contribution in [0.15, 0.2) is 22.8 Å². The summed E-state index contributed by atoms with van der Waals surface area (Å²) in [6.07, 6.45) is -5.87. The maximum Gasteiger partial charge on any atom is 0.461 e. The van der Waals surface area contributed by atoms with Crippen LogP contribution in [-0.4, -0.2) is 17.9 Å². The van der Waals surface area contributed by atoms with Crippen LogP contribution in [0.1, 0.15) is 5.76 Å². The summed E-state index contributed by atoms with van der Waals surface area (Å²) in [6, 6.07) is 2.43. The van der Waals surface area contributed by atoms with Crippen molar-refractivity contribution in [3.8, 4) is 0 Å². The average Bonchev–Trinajstić information content (AvgIpc) is 2.54. The predicted octanol–water partition coefficient (Wildman–Crippen LogP) is 2.59. The van der Waals surface area contributed by atoms with Gasteiger partial charge in [0.05, 0.1) is 12.7 Å². The Balaban J connectivity index is 2.77. The van der Waals surface area contributed by atoms with Gasteiger partial charge in [0.1, 0.15) is 5.76 Å². The van der Waals surface area contributed by atoms with Crippen molar-refractivity contribution < 1.29 is 31.2 Å². The summed E-state index contributed by atoms with van der Waals surface area (Å²) in [5.41, 5.74) is 0. The lowest BCUT2D eigenvalue weighted by Crippen LogP contribution is -2.44. The molecular formula is C8H5F5O2. The summed E-state index contributed by atoms with van der Waals surface area (Å²) in [7, 11) is 0. The van der Waals surface area contributed by atoms with E-state index >= 15 is 0 Å². The molecule has 1 aromatic heterocycles. The van der Waals surface area contributed by atoms with E-state index in [9.17, 15) is 26.7 Å². The second kappa shape index (κ2) is 3.63. The Morgan fingerprint density at radius 3 is 2.27 bits per heavy atom. The Kier molecular flexibility index (Phi) is 2.83. The van der Waals surface area contributed by atoms with Gasteiger partial charge in [-0.1, -0.05) is 0 Å². The van der Waals surface area contributed by atoms with Crippen LogP contribution in [0.2, 0.25) is 0 Å². The van der Waals surface area contributed by atoms with Crippen molar-refractivity contribution in [2.75, 3.05) is 0 Å². The lowest BCUT2D eigenvalue weighted by molar-refractivity contribution is -0.268. The van der Waals surface area contributed by atoms with E-state index in [0.717, 1.165) is 12.3 Å². The Bertz CT molecular complexity index is 338. The number of carbonyl (C=O) groups is 1. The molecule has 0 unspecified atom stereocenters. The van der Waals surface area contributed by atoms with Gasteiger partial charge in [-0.25, -0.2) is 0 Å². The molecule has 0 atom stereocenters. The largest absolute Gasteiger partial charge is 0.469 e. The summed E-state index contributed by atoms with van der Waals surface area (Å²) in [5.74, 6) is -7.80. The lowest BCUT2D eigenvalue weighted by Gasteiger charge is -2.17. The van der Waals surface area contributed by atoms with E-state index in [1.807, 2.05) is 0 Å². The first-order valence-corrected chi connectivity index (χ1v) is 3.75. The molecule has 1 aromatic rings. The third-order valence-corrected chi connectivity index (χ3v) is 1.62. The molecule has 0 N–H and O–H groups in total. The fraction of sp³-hybridized carbons (Fsp3) is 0.375. The van der Waals surface area contributed by atoms with Crippen LogP contribution in [0, 0.1) is 0 Å². The van der Waals surface area contributed by atoms with Gasteiger partial charge in [0.25, 0.3) is 0 Å². The molecule has 0 fully saturated rings. The van der Waals surface area contributed by atoms with Crippen LogP contribution in [-0.2, 0) is 11.2 Å². The van der Waals surface area contributed by atoms with Crippen LogP contribution in [0.25, 0.3) is 0 Å². The molecule has 0 bridgehead atoms. The molecule has 0 saturated heterocycles. The minimum Gasteiger partial charge on any atom is -0.469 e. The zero-order chi connectivity index (χ0) is 11.7. The number of ketones is 1. The zero-order valence-electron chi connectivity index (χ0n) is 7.15. The molecule has 2 nitrogen and oxygen atoms in total. The lowest BCUT2D eigenvalue weighted by atomic mass is 10.1. The van der Waals surface area contributed by atoms with Gasteiger partial charge in [-0.2, -0.15) is 22.0 Å². The molecule has 0 radical (unpaired) electrons. The van der Waals surface area contributed by atoms with Crippen LogP contribution in [0.5, 0.6) is 0 Å². The summed E-state index contributed by atoms with van der Waals surface area (Å²) < 4.78 is 64.4. The molecule has 0 aromatic carbocycles. The highest BCUT2D eigenvalue weighted by Crippen LogP contribution is 2.36. The van der Waals surface area contributed by atoms with Gasteiger partial charge in [0.15, 0.2) is 0 Å². The second-order valence-electron chi connectivity index (χ2n) is 2.75. The highest BCUT2D eigenvalue weighted by atomic mass is 19.4. The van der Waals surface area contributed by atoms with Crippen LogP contribution in [0.3, 0.4) is 0 Å². The minimum absolute atomic E-state index is 0.232. The van der Waals surface area contributed by atoms with Crippen molar-refractivity contribution in [3.05, 3.63) is 24.2 Å². The van der Waals surface area contributed by atoms with Crippen LogP contribution in [0.4, 0.5) is 22.0 Å². The number of halogens is 5. The van der Waals surface area contributed by atoms with Crippen molar-refractivity contribution >= 4 is 5.78 Å². The predicted molar refractivity (Wildman–Crippen MR) is 38.4 cm³/mol. The number of hydrogen-bond donors (Lipinski definition) is 0. The summed E-state index contributed by atoms with van der Waals surface area (Å²) in [4.78, 5) is 10.6. The van der Waals surface area contributed by atoms with E-state index in [4.69, 9.17) is 0 Å². The molecule has 0 aliphatic heterocycles. The third kappa shape index (κ3) is 2.34. The molecule has 1 heterocycles. The van der Waals surface area contributed by atoms with Gasteiger partial charge in [-0.3, -0.25) is 4.79 Å². The average molecular weight is 228 g/mol.